The Bertz CT molecular complexity index is 677. The van der Waals surface area contributed by atoms with Crippen LogP contribution in [0.1, 0.15) is 18.9 Å². The highest BCUT2D eigenvalue weighted by atomic mass is 79.9. The van der Waals surface area contributed by atoms with Crippen LogP contribution in [0, 0.1) is 0 Å². The first-order valence-corrected chi connectivity index (χ1v) is 7.99. The molecule has 0 radical (unpaired) electrons. The summed E-state index contributed by atoms with van der Waals surface area (Å²) in [7, 11) is 1.38. The number of methoxy groups -OCH3 is 1. The number of hydrogen-bond donors (Lipinski definition) is 2. The maximum absolute atomic E-state index is 11.5. The fraction of sp³-hybridized carbons (Fsp3) is 0.333. The van der Waals surface area contributed by atoms with Gasteiger partial charge in [-0.1, -0.05) is 6.92 Å². The van der Waals surface area contributed by atoms with Gasteiger partial charge in [0.2, 0.25) is 0 Å². The number of amides is 2. The molecule has 0 unspecified atom stereocenters. The third-order valence-electron chi connectivity index (χ3n) is 2.71. The fourth-order valence-corrected chi connectivity index (χ4v) is 2.19. The molecule has 0 saturated heterocycles. The summed E-state index contributed by atoms with van der Waals surface area (Å²) in [5.41, 5.74) is 2.61. The molecule has 25 heavy (non-hydrogen) atoms. The first kappa shape index (κ1) is 20.4. The van der Waals surface area contributed by atoms with E-state index in [0.29, 0.717) is 23.0 Å². The van der Waals surface area contributed by atoms with Gasteiger partial charge in [0.05, 0.1) is 23.8 Å². The molecule has 0 heterocycles. The molecule has 1 aromatic carbocycles. The quantitative estimate of drug-likeness (QED) is 0.337. The Hall–Kier alpha value is -2.62. The van der Waals surface area contributed by atoms with Crippen LogP contribution in [0.25, 0.3) is 0 Å². The number of nitrogens with one attached hydrogen (secondary N) is 2. The van der Waals surface area contributed by atoms with Gasteiger partial charge in [0.1, 0.15) is 6.61 Å². The Balaban J connectivity index is 2.79. The maximum atomic E-state index is 11.5. The van der Waals surface area contributed by atoms with Crippen LogP contribution in [0.15, 0.2) is 21.7 Å². The minimum absolute atomic E-state index is 0.187. The molecular formula is C15H17BrN3O6-. The number of carboxylic acids is 1. The summed E-state index contributed by atoms with van der Waals surface area (Å²) >= 11 is 3.23. The molecule has 2 amide bonds. The molecule has 0 spiro atoms. The van der Waals surface area contributed by atoms with E-state index in [2.05, 4.69) is 31.8 Å². The van der Waals surface area contributed by atoms with Crippen molar-refractivity contribution in [2.45, 2.75) is 13.3 Å². The minimum Gasteiger partial charge on any atom is -0.546 e. The molecule has 136 valence electrons. The number of benzene rings is 1. The van der Waals surface area contributed by atoms with Crippen molar-refractivity contribution in [3.63, 3.8) is 0 Å². The van der Waals surface area contributed by atoms with Crippen LogP contribution in [0.4, 0.5) is 0 Å². The smallest absolute Gasteiger partial charge is 0.329 e. The van der Waals surface area contributed by atoms with E-state index in [0.717, 1.165) is 0 Å². The fourth-order valence-electron chi connectivity index (χ4n) is 1.62. The van der Waals surface area contributed by atoms with E-state index in [4.69, 9.17) is 9.47 Å². The van der Waals surface area contributed by atoms with E-state index in [-0.39, 0.29) is 11.5 Å². The molecule has 0 fully saturated rings. The van der Waals surface area contributed by atoms with Gasteiger partial charge in [0.15, 0.2) is 11.5 Å². The third-order valence-corrected chi connectivity index (χ3v) is 3.30. The van der Waals surface area contributed by atoms with Crippen molar-refractivity contribution in [3.05, 3.63) is 22.2 Å². The first-order chi connectivity index (χ1) is 11.9. The van der Waals surface area contributed by atoms with Gasteiger partial charge in [0, 0.05) is 6.54 Å². The Labute approximate surface area is 152 Å². The zero-order valence-electron chi connectivity index (χ0n) is 13.6. The lowest BCUT2D eigenvalue weighted by Crippen LogP contribution is -2.38. The molecule has 0 aliphatic rings. The van der Waals surface area contributed by atoms with E-state index in [1.165, 1.54) is 19.4 Å². The Morgan fingerprint density at radius 1 is 1.32 bits per heavy atom. The second-order valence-corrected chi connectivity index (χ2v) is 5.50. The summed E-state index contributed by atoms with van der Waals surface area (Å²) in [6.07, 6.45) is 2.00. The lowest BCUT2D eigenvalue weighted by molar-refractivity contribution is -0.307. The number of nitrogens with zero attached hydrogens (tertiary/aromatic N) is 1. The van der Waals surface area contributed by atoms with Crippen LogP contribution in [-0.4, -0.2) is 44.3 Å². The average Bonchev–Trinajstić information content (AvgIpc) is 2.57. The van der Waals surface area contributed by atoms with Gasteiger partial charge >= 0.3 is 11.8 Å². The van der Waals surface area contributed by atoms with E-state index in [9.17, 15) is 19.5 Å². The highest BCUT2D eigenvalue weighted by Crippen LogP contribution is 2.36. The number of aliphatic carboxylic acids is 1. The third kappa shape index (κ3) is 6.79. The second kappa shape index (κ2) is 10.3. The van der Waals surface area contributed by atoms with Gasteiger partial charge in [0.25, 0.3) is 0 Å². The normalized spacial score (nSPS) is 10.4. The van der Waals surface area contributed by atoms with Crippen LogP contribution in [-0.2, 0) is 14.4 Å². The van der Waals surface area contributed by atoms with Crippen molar-refractivity contribution in [2.75, 3.05) is 20.3 Å². The second-order valence-electron chi connectivity index (χ2n) is 4.65. The van der Waals surface area contributed by atoms with Crippen molar-refractivity contribution < 1.29 is 29.0 Å². The van der Waals surface area contributed by atoms with Gasteiger partial charge in [-0.2, -0.15) is 5.10 Å². The van der Waals surface area contributed by atoms with Crippen LogP contribution < -0.4 is 25.3 Å². The Kier molecular flexibility index (Phi) is 8.40. The summed E-state index contributed by atoms with van der Waals surface area (Å²) in [5.74, 6) is -2.59. The molecule has 0 atom stereocenters. The predicted molar refractivity (Wildman–Crippen MR) is 90.2 cm³/mol. The standard InChI is InChI=1S/C15H18BrN3O6/c1-3-4-17-14(22)15(23)19-18-7-9-5-10(16)13(11(6-9)24-2)25-8-12(20)21/h5-7H,3-4,8H2,1-2H3,(H,17,22)(H,19,23)(H,20,21)/p-1/b18-7-. The van der Waals surface area contributed by atoms with E-state index >= 15 is 0 Å². The molecule has 0 saturated carbocycles. The van der Waals surface area contributed by atoms with Gasteiger partial charge in [-0.15, -0.1) is 0 Å². The average molecular weight is 415 g/mol. The number of carboxylic acid groups (broad SMARTS) is 1. The topological polar surface area (TPSA) is 129 Å². The monoisotopic (exact) mass is 414 g/mol. The van der Waals surface area contributed by atoms with Gasteiger partial charge < -0.3 is 24.7 Å². The Morgan fingerprint density at radius 3 is 2.64 bits per heavy atom. The number of hydrazone groups is 1. The van der Waals surface area contributed by atoms with E-state index in [1.807, 2.05) is 6.92 Å². The van der Waals surface area contributed by atoms with Crippen LogP contribution >= 0.6 is 15.9 Å². The zero-order valence-corrected chi connectivity index (χ0v) is 15.2. The molecular weight excluding hydrogens is 398 g/mol. The highest BCUT2D eigenvalue weighted by molar-refractivity contribution is 9.10. The first-order valence-electron chi connectivity index (χ1n) is 7.20. The predicted octanol–water partition coefficient (Wildman–Crippen LogP) is -0.437. The van der Waals surface area contributed by atoms with Crippen molar-refractivity contribution in [3.8, 4) is 11.5 Å². The van der Waals surface area contributed by atoms with Crippen molar-refractivity contribution in [1.82, 2.24) is 10.7 Å². The molecule has 2 N–H and O–H groups in total. The lowest BCUT2D eigenvalue weighted by Gasteiger charge is -2.13. The molecule has 1 aromatic rings. The molecule has 0 bridgehead atoms. The van der Waals surface area contributed by atoms with Crippen molar-refractivity contribution >= 4 is 39.9 Å². The van der Waals surface area contributed by atoms with Gasteiger partial charge in [-0.25, -0.2) is 5.43 Å². The van der Waals surface area contributed by atoms with Crippen molar-refractivity contribution in [2.24, 2.45) is 5.10 Å². The molecule has 9 nitrogen and oxygen atoms in total. The van der Waals surface area contributed by atoms with Gasteiger partial charge in [-0.3, -0.25) is 9.59 Å². The number of halogens is 1. The summed E-state index contributed by atoms with van der Waals surface area (Å²) in [4.78, 5) is 33.3. The Morgan fingerprint density at radius 2 is 2.04 bits per heavy atom. The SMILES string of the molecule is CCCNC(=O)C(=O)N/N=C\c1cc(Br)c(OCC(=O)[O-])c(OC)c1. The number of rotatable bonds is 8. The molecule has 10 heteroatoms. The number of hydrogen-bond acceptors (Lipinski definition) is 7. The van der Waals surface area contributed by atoms with Gasteiger partial charge in [-0.05, 0) is 40.0 Å². The highest BCUT2D eigenvalue weighted by Gasteiger charge is 2.13. The molecule has 0 aliphatic heterocycles. The van der Waals surface area contributed by atoms with E-state index in [1.54, 1.807) is 6.07 Å². The van der Waals surface area contributed by atoms with E-state index < -0.39 is 24.4 Å². The minimum atomic E-state index is -1.37. The summed E-state index contributed by atoms with van der Waals surface area (Å²) < 4.78 is 10.6. The zero-order chi connectivity index (χ0) is 18.8. The van der Waals surface area contributed by atoms with Crippen molar-refractivity contribution in [1.29, 1.82) is 0 Å². The van der Waals surface area contributed by atoms with Crippen LogP contribution in [0.3, 0.4) is 0 Å². The van der Waals surface area contributed by atoms with Crippen LogP contribution in [0.2, 0.25) is 0 Å². The summed E-state index contributed by atoms with van der Waals surface area (Å²) in [6, 6.07) is 3.09. The summed E-state index contributed by atoms with van der Waals surface area (Å²) in [6.45, 7) is 1.63. The number of carbonyl (C=O) groups is 3. The number of carbonyl (C=O) groups excluding carboxylic acids is 3. The lowest BCUT2D eigenvalue weighted by atomic mass is 10.2. The van der Waals surface area contributed by atoms with Crippen LogP contribution in [0.5, 0.6) is 11.5 Å². The maximum Gasteiger partial charge on any atom is 0.329 e. The molecule has 0 aliphatic carbocycles. The molecule has 0 aromatic heterocycles. The number of ether oxygens (including phenoxy) is 2. The summed E-state index contributed by atoms with van der Waals surface area (Å²) in [5, 5.41) is 16.6. The molecule has 1 rings (SSSR count). The largest absolute Gasteiger partial charge is 0.546 e.